The summed E-state index contributed by atoms with van der Waals surface area (Å²) in [6.07, 6.45) is 9.02. The molecule has 0 saturated carbocycles. The Morgan fingerprint density at radius 2 is 2.22 bits per heavy atom. The SMILES string of the molecule is C=CC=CC/C(C)=C\C. The molecule has 0 unspecified atom stereocenters. The molecule has 0 N–H and O–H groups in total. The van der Waals surface area contributed by atoms with E-state index >= 15 is 0 Å². The standard InChI is InChI=1S/C9H14/c1-4-6-7-8-9(3)5-2/h4-7H,1,8H2,2-3H3/b7-6?,9-5-. The lowest BCUT2D eigenvalue weighted by Gasteiger charge is -1.89. The third kappa shape index (κ3) is 5.09. The maximum atomic E-state index is 3.58. The molecule has 0 fully saturated rings. The molecule has 50 valence electrons. The van der Waals surface area contributed by atoms with Crippen molar-refractivity contribution in [2.24, 2.45) is 0 Å². The summed E-state index contributed by atoms with van der Waals surface area (Å²) in [5.41, 5.74) is 1.40. The van der Waals surface area contributed by atoms with Gasteiger partial charge >= 0.3 is 0 Å². The molecule has 0 radical (unpaired) electrons. The highest BCUT2D eigenvalue weighted by Crippen LogP contribution is 1.98. The quantitative estimate of drug-likeness (QED) is 0.398. The second-order valence-corrected chi connectivity index (χ2v) is 2.00. The Morgan fingerprint density at radius 3 is 2.67 bits per heavy atom. The van der Waals surface area contributed by atoms with Crippen LogP contribution in [0.25, 0.3) is 0 Å². The Hall–Kier alpha value is -0.780. The highest BCUT2D eigenvalue weighted by molar-refractivity contribution is 5.06. The van der Waals surface area contributed by atoms with Crippen LogP contribution < -0.4 is 0 Å². The molecule has 0 heterocycles. The molecule has 0 bridgehead atoms. The number of allylic oxidation sites excluding steroid dienone is 5. The lowest BCUT2D eigenvalue weighted by atomic mass is 10.2. The Balaban J connectivity index is 3.50. The largest absolute Gasteiger partial charge is 0.0991 e. The summed E-state index contributed by atoms with van der Waals surface area (Å²) in [6, 6.07) is 0. The van der Waals surface area contributed by atoms with Gasteiger partial charge in [0, 0.05) is 0 Å². The van der Waals surface area contributed by atoms with Crippen molar-refractivity contribution in [1.29, 1.82) is 0 Å². The van der Waals surface area contributed by atoms with Crippen LogP contribution in [0.5, 0.6) is 0 Å². The second-order valence-electron chi connectivity index (χ2n) is 2.00. The molecule has 0 heteroatoms. The molecule has 0 aliphatic carbocycles. The van der Waals surface area contributed by atoms with Crippen molar-refractivity contribution in [2.75, 3.05) is 0 Å². The van der Waals surface area contributed by atoms with E-state index in [2.05, 4.69) is 32.6 Å². The molecule has 0 saturated heterocycles. The Labute approximate surface area is 57.6 Å². The molecule has 0 aromatic heterocycles. The monoisotopic (exact) mass is 122 g/mol. The van der Waals surface area contributed by atoms with E-state index in [4.69, 9.17) is 0 Å². The van der Waals surface area contributed by atoms with Crippen molar-refractivity contribution < 1.29 is 0 Å². The van der Waals surface area contributed by atoms with E-state index in [0.717, 1.165) is 6.42 Å². The van der Waals surface area contributed by atoms with Crippen molar-refractivity contribution >= 4 is 0 Å². The van der Waals surface area contributed by atoms with E-state index in [0.29, 0.717) is 0 Å². The average molecular weight is 122 g/mol. The van der Waals surface area contributed by atoms with Crippen LogP contribution in [0.2, 0.25) is 0 Å². The second kappa shape index (κ2) is 5.36. The minimum Gasteiger partial charge on any atom is -0.0991 e. The van der Waals surface area contributed by atoms with Crippen molar-refractivity contribution in [2.45, 2.75) is 20.3 Å². The average Bonchev–Trinajstić information content (AvgIpc) is 1.89. The predicted molar refractivity (Wildman–Crippen MR) is 43.4 cm³/mol. The van der Waals surface area contributed by atoms with Crippen molar-refractivity contribution in [3.63, 3.8) is 0 Å². The lowest BCUT2D eigenvalue weighted by molar-refractivity contribution is 1.20. The van der Waals surface area contributed by atoms with E-state index in [-0.39, 0.29) is 0 Å². The molecule has 0 aliphatic rings. The fraction of sp³-hybridized carbons (Fsp3) is 0.333. The van der Waals surface area contributed by atoms with Gasteiger partial charge in [0.05, 0.1) is 0 Å². The molecule has 0 aromatic rings. The molecule has 0 atom stereocenters. The number of hydrogen-bond acceptors (Lipinski definition) is 0. The van der Waals surface area contributed by atoms with Gasteiger partial charge < -0.3 is 0 Å². The first-order valence-electron chi connectivity index (χ1n) is 3.20. The topological polar surface area (TPSA) is 0 Å². The highest BCUT2D eigenvalue weighted by atomic mass is 13.8. The first-order chi connectivity index (χ1) is 4.31. The summed E-state index contributed by atoms with van der Waals surface area (Å²) in [5, 5.41) is 0. The van der Waals surface area contributed by atoms with Crippen LogP contribution >= 0.6 is 0 Å². The van der Waals surface area contributed by atoms with Crippen LogP contribution in [0, 0.1) is 0 Å². The minimum atomic E-state index is 1.04. The first-order valence-corrected chi connectivity index (χ1v) is 3.20. The zero-order valence-electron chi connectivity index (χ0n) is 6.22. The first kappa shape index (κ1) is 8.22. The number of hydrogen-bond donors (Lipinski definition) is 0. The summed E-state index contributed by atoms with van der Waals surface area (Å²) in [6.45, 7) is 7.75. The molecule has 0 aliphatic heterocycles. The Morgan fingerprint density at radius 1 is 1.56 bits per heavy atom. The molecule has 9 heavy (non-hydrogen) atoms. The van der Waals surface area contributed by atoms with Crippen molar-refractivity contribution in [3.8, 4) is 0 Å². The molecule has 0 rings (SSSR count). The molecule has 0 amide bonds. The molecule has 0 aromatic carbocycles. The maximum absolute atomic E-state index is 3.58. The van der Waals surface area contributed by atoms with E-state index in [1.165, 1.54) is 5.57 Å². The zero-order chi connectivity index (χ0) is 7.11. The van der Waals surface area contributed by atoms with Crippen LogP contribution in [0.15, 0.2) is 36.5 Å². The summed E-state index contributed by atoms with van der Waals surface area (Å²) < 4.78 is 0. The van der Waals surface area contributed by atoms with Gasteiger partial charge in [-0.25, -0.2) is 0 Å². The lowest BCUT2D eigenvalue weighted by Crippen LogP contribution is -1.68. The van der Waals surface area contributed by atoms with Gasteiger partial charge in [-0.2, -0.15) is 0 Å². The molecular formula is C9H14. The van der Waals surface area contributed by atoms with Gasteiger partial charge in [0.15, 0.2) is 0 Å². The Bertz CT molecular complexity index is 127. The Kier molecular flexibility index (Phi) is 4.89. The van der Waals surface area contributed by atoms with E-state index in [9.17, 15) is 0 Å². The van der Waals surface area contributed by atoms with Crippen LogP contribution in [0.3, 0.4) is 0 Å². The third-order valence-electron chi connectivity index (χ3n) is 1.20. The van der Waals surface area contributed by atoms with Gasteiger partial charge in [0.25, 0.3) is 0 Å². The van der Waals surface area contributed by atoms with Gasteiger partial charge in [-0.3, -0.25) is 0 Å². The zero-order valence-corrected chi connectivity index (χ0v) is 6.22. The summed E-state index contributed by atoms with van der Waals surface area (Å²) in [4.78, 5) is 0. The molecule has 0 nitrogen and oxygen atoms in total. The maximum Gasteiger partial charge on any atom is -0.0139 e. The van der Waals surface area contributed by atoms with Gasteiger partial charge in [0.2, 0.25) is 0 Å². The molecule has 0 spiro atoms. The van der Waals surface area contributed by atoms with Crippen LogP contribution in [0.1, 0.15) is 20.3 Å². The van der Waals surface area contributed by atoms with E-state index in [1.807, 2.05) is 6.08 Å². The van der Waals surface area contributed by atoms with Crippen LogP contribution in [-0.4, -0.2) is 0 Å². The predicted octanol–water partition coefficient (Wildman–Crippen LogP) is 3.08. The van der Waals surface area contributed by atoms with Crippen molar-refractivity contribution in [3.05, 3.63) is 36.5 Å². The highest BCUT2D eigenvalue weighted by Gasteiger charge is 1.78. The van der Waals surface area contributed by atoms with Gasteiger partial charge in [-0.15, -0.1) is 0 Å². The van der Waals surface area contributed by atoms with Gasteiger partial charge in [-0.1, -0.05) is 36.5 Å². The van der Waals surface area contributed by atoms with Gasteiger partial charge in [-0.05, 0) is 20.3 Å². The van der Waals surface area contributed by atoms with Crippen molar-refractivity contribution in [1.82, 2.24) is 0 Å². The van der Waals surface area contributed by atoms with E-state index in [1.54, 1.807) is 6.08 Å². The normalized spacial score (nSPS) is 12.4. The van der Waals surface area contributed by atoms with Crippen LogP contribution in [0.4, 0.5) is 0 Å². The summed E-state index contributed by atoms with van der Waals surface area (Å²) in [7, 11) is 0. The fourth-order valence-electron chi connectivity index (χ4n) is 0.468. The van der Waals surface area contributed by atoms with E-state index < -0.39 is 0 Å². The van der Waals surface area contributed by atoms with Gasteiger partial charge in [0.1, 0.15) is 0 Å². The minimum absolute atomic E-state index is 1.04. The smallest absolute Gasteiger partial charge is 0.0139 e. The third-order valence-corrected chi connectivity index (χ3v) is 1.20. The molecular weight excluding hydrogens is 108 g/mol. The summed E-state index contributed by atoms with van der Waals surface area (Å²) in [5.74, 6) is 0. The summed E-state index contributed by atoms with van der Waals surface area (Å²) >= 11 is 0. The number of rotatable bonds is 3. The van der Waals surface area contributed by atoms with Crippen LogP contribution in [-0.2, 0) is 0 Å². The fourth-order valence-corrected chi connectivity index (χ4v) is 0.468.